The van der Waals surface area contributed by atoms with E-state index >= 15 is 0 Å². The number of hydrogen-bond acceptors (Lipinski definition) is 12. The molecule has 0 amide bonds. The summed E-state index contributed by atoms with van der Waals surface area (Å²) in [4.78, 5) is 11.4. The second-order valence-electron chi connectivity index (χ2n) is 10.5. The van der Waals surface area contributed by atoms with E-state index in [2.05, 4.69) is 4.18 Å². The van der Waals surface area contributed by atoms with Gasteiger partial charge in [0, 0.05) is 0 Å². The van der Waals surface area contributed by atoms with Gasteiger partial charge in [0.25, 0.3) is 10.4 Å². The minimum atomic E-state index is -5.19. The normalized spacial score (nSPS) is 44.2. The van der Waals surface area contributed by atoms with E-state index in [1.165, 1.54) is 6.07 Å². The molecule has 1 aromatic rings. The number of carbonyl (C=O) groups is 1. The molecule has 15 heteroatoms. The molecule has 206 valence electrons. The van der Waals surface area contributed by atoms with Crippen molar-refractivity contribution in [2.75, 3.05) is 0 Å². The average molecular weight is 592 g/mol. The minimum Gasteiger partial charge on any atom is -0.716 e. The third-order valence-electron chi connectivity index (χ3n) is 8.57. The van der Waals surface area contributed by atoms with Gasteiger partial charge in [-0.25, -0.2) is 8.42 Å². The fourth-order valence-electron chi connectivity index (χ4n) is 6.77. The maximum absolute atomic E-state index is 11.4. The van der Waals surface area contributed by atoms with E-state index in [-0.39, 0.29) is 89.3 Å². The summed E-state index contributed by atoms with van der Waals surface area (Å²) in [6, 6.07) is 0.626. The quantitative estimate of drug-likeness (QED) is 0.143. The summed E-state index contributed by atoms with van der Waals surface area (Å²) in [5, 5.41) is 53.2. The number of aliphatic carboxylic acids is 1. The molecule has 0 aromatic heterocycles. The molecule has 3 aliphatic carbocycles. The molecule has 3 fully saturated rings. The summed E-state index contributed by atoms with van der Waals surface area (Å²) in [5.74, 6) is -3.16. The number of ether oxygens (including phenoxy) is 2. The van der Waals surface area contributed by atoms with Gasteiger partial charge in [-0.1, -0.05) is 13.0 Å². The van der Waals surface area contributed by atoms with E-state index in [0.717, 1.165) is 0 Å². The average Bonchev–Trinajstić information content (AvgIpc) is 3.06. The maximum Gasteiger partial charge on any atom is 1.00 e. The number of benzene rings is 1. The van der Waals surface area contributed by atoms with E-state index in [9.17, 15) is 43.3 Å². The van der Waals surface area contributed by atoms with Crippen molar-refractivity contribution in [1.82, 2.24) is 0 Å². The molecule has 2 saturated carbocycles. The van der Waals surface area contributed by atoms with Gasteiger partial charge >= 0.3 is 59.1 Å². The Labute approximate surface area is 274 Å². The number of carboxylic acid groups (broad SMARTS) is 1. The second kappa shape index (κ2) is 12.4. The van der Waals surface area contributed by atoms with Crippen molar-refractivity contribution in [3.8, 4) is 5.75 Å². The summed E-state index contributed by atoms with van der Waals surface area (Å²) in [6.45, 7) is 1.74. The van der Waals surface area contributed by atoms with Gasteiger partial charge in [0.1, 0.15) is 30.2 Å². The van der Waals surface area contributed by atoms with Crippen LogP contribution in [0.1, 0.15) is 53.8 Å². The number of aliphatic hydroxyl groups is 4. The van der Waals surface area contributed by atoms with Crippen LogP contribution in [-0.2, 0) is 31.1 Å². The summed E-state index contributed by atoms with van der Waals surface area (Å²) in [5.41, 5.74) is 0.0857. The fraction of sp³-hybridized carbons (Fsp3) is 0.708. The summed E-state index contributed by atoms with van der Waals surface area (Å²) in [7, 11) is -5.19. The molecule has 0 bridgehead atoms. The molecule has 1 saturated heterocycles. The zero-order valence-electron chi connectivity index (χ0n) is 24.8. The Balaban J connectivity index is 0.00000242. The first-order chi connectivity index (χ1) is 18.5. The van der Waals surface area contributed by atoms with Crippen molar-refractivity contribution in [3.05, 3.63) is 29.3 Å². The molecule has 1 aliphatic heterocycles. The maximum atomic E-state index is 11.4. The van der Waals surface area contributed by atoms with Gasteiger partial charge in [-0.05, 0) is 78.5 Å². The molecular weight excluding hydrogens is 558 g/mol. The van der Waals surface area contributed by atoms with Gasteiger partial charge in [0.05, 0.1) is 22.3 Å². The molecular formula is C24H30Na2O12S. The van der Waals surface area contributed by atoms with Crippen molar-refractivity contribution in [3.63, 3.8) is 0 Å². The molecule has 1 unspecified atom stereocenters. The molecule has 4 N–H and O–H groups in total. The third kappa shape index (κ3) is 6.28. The Kier molecular flexibility index (Phi) is 9.31. The van der Waals surface area contributed by atoms with Gasteiger partial charge in [0.15, 0.2) is 6.29 Å². The van der Waals surface area contributed by atoms with Crippen LogP contribution in [0.5, 0.6) is 5.75 Å². The van der Waals surface area contributed by atoms with Crippen molar-refractivity contribution >= 4 is 16.4 Å². The summed E-state index contributed by atoms with van der Waals surface area (Å²) in [6.07, 6.45) is -11.4. The van der Waals surface area contributed by atoms with E-state index < -0.39 is 76.5 Å². The van der Waals surface area contributed by atoms with Crippen LogP contribution in [0.4, 0.5) is 0 Å². The first-order valence-corrected chi connectivity index (χ1v) is 13.4. The molecule has 5 rings (SSSR count). The topological polar surface area (TPSA) is 206 Å². The van der Waals surface area contributed by atoms with Gasteiger partial charge in [-0.15, -0.1) is 0 Å². The number of aliphatic hydroxyl groups excluding tert-OH is 3. The van der Waals surface area contributed by atoms with Crippen LogP contribution in [0.25, 0.3) is 0 Å². The Morgan fingerprint density at radius 2 is 1.90 bits per heavy atom. The molecule has 39 heavy (non-hydrogen) atoms. The van der Waals surface area contributed by atoms with Gasteiger partial charge in [-0.2, -0.15) is 0 Å². The van der Waals surface area contributed by atoms with Gasteiger partial charge in [-0.3, -0.25) is 0 Å². The zero-order valence-corrected chi connectivity index (χ0v) is 26.6. The fourth-order valence-corrected chi connectivity index (χ4v) is 7.06. The monoisotopic (exact) mass is 591 g/mol. The van der Waals surface area contributed by atoms with Crippen LogP contribution in [0, 0.1) is 17.3 Å². The molecule has 0 radical (unpaired) electrons. The molecule has 11 atom stereocenters. The first-order valence-electron chi connectivity index (χ1n) is 13.5. The van der Waals surface area contributed by atoms with E-state index in [1.54, 1.807) is 6.92 Å². The first kappa shape index (κ1) is 29.2. The van der Waals surface area contributed by atoms with Crippen LogP contribution >= 0.6 is 0 Å². The molecule has 4 aliphatic rings. The number of hydrogen-bond donors (Lipinski definition) is 4. The Bertz CT molecular complexity index is 1320. The smallest absolute Gasteiger partial charge is 0.716 e. The number of carbonyl (C=O) groups excluding carboxylic acids is 1. The van der Waals surface area contributed by atoms with Crippen molar-refractivity contribution in [2.24, 2.45) is 17.3 Å². The Hall–Kier alpha value is 0.160. The number of carboxylic acids is 1. The molecule has 1 aromatic carbocycles. The van der Waals surface area contributed by atoms with E-state index in [4.69, 9.17) is 13.6 Å². The van der Waals surface area contributed by atoms with E-state index in [0.29, 0.717) is 36.8 Å². The zero-order chi connectivity index (χ0) is 29.5. The number of rotatable bonds is 5. The number of fused-ring (bicyclic) bond motifs is 5. The summed E-state index contributed by atoms with van der Waals surface area (Å²) < 4.78 is 74.1. The van der Waals surface area contributed by atoms with Crippen LogP contribution in [0.3, 0.4) is 0 Å². The van der Waals surface area contributed by atoms with Crippen LogP contribution < -0.4 is 68.4 Å². The molecule has 12 nitrogen and oxygen atoms in total. The van der Waals surface area contributed by atoms with Crippen LogP contribution in [0.15, 0.2) is 18.2 Å². The van der Waals surface area contributed by atoms with E-state index in [1.807, 2.05) is 0 Å². The second-order valence-corrected chi connectivity index (χ2v) is 11.5. The largest absolute Gasteiger partial charge is 1.00 e. The van der Waals surface area contributed by atoms with Crippen molar-refractivity contribution < 1.29 is 120 Å². The Morgan fingerprint density at radius 3 is 2.54 bits per heavy atom. The molecule has 1 heterocycles. The minimum absolute atomic E-state index is 0. The predicted molar refractivity (Wildman–Crippen MR) is 119 cm³/mol. The van der Waals surface area contributed by atoms with Crippen LogP contribution in [0.2, 0.25) is 0 Å². The SMILES string of the molecule is [2H]c1cc2c(c([2H])c1OS(=O)(=O)[O-])CC[C@@H]1[C@@H]2CC[C@@]2(C)[C@H]1C[C@@H](OC1O[C@H](C(=O)[O-])[C@@H](O)[C@H](O)[C@H]1O)[C@]2([2H])O.[Na+].[Na+]. The van der Waals surface area contributed by atoms with Crippen molar-refractivity contribution in [1.29, 1.82) is 0 Å². The summed E-state index contributed by atoms with van der Waals surface area (Å²) >= 11 is 0. The van der Waals surface area contributed by atoms with Gasteiger partial charge in [0.2, 0.25) is 0 Å². The van der Waals surface area contributed by atoms with Gasteiger partial charge < -0.3 is 48.5 Å². The standard InChI is InChI=1S/C24H32O12S.2Na/c1-24-7-6-13-12-5-3-11(36-37(31,32)33)8-10(12)2-4-14(13)15(24)9-16(21(24)28)34-23-19(27)17(25)18(26)20(35-23)22(29)30;;/h3,5,8,13-21,23,25-28H,2,4,6-7,9H2,1H3,(H,29,30)(H,31,32,33);;/q;2*+1/p-2/t13-,14-,15+,16-,17+,18+,19-,20+,21+,23?,24+;;/m1../s1/i3D,8D,21D;;. The predicted octanol–water partition coefficient (Wildman–Crippen LogP) is -7.70. The molecule has 0 spiro atoms. The van der Waals surface area contributed by atoms with Crippen molar-refractivity contribution in [2.45, 2.75) is 87.8 Å². The third-order valence-corrected chi connectivity index (χ3v) is 8.94. The Morgan fingerprint density at radius 1 is 1.21 bits per heavy atom. The van der Waals surface area contributed by atoms with Crippen LogP contribution in [-0.4, -0.2) is 82.3 Å².